The van der Waals surface area contributed by atoms with Crippen molar-refractivity contribution in [3.63, 3.8) is 0 Å². The summed E-state index contributed by atoms with van der Waals surface area (Å²) >= 11 is 0. The van der Waals surface area contributed by atoms with E-state index in [0.717, 1.165) is 13.1 Å². The van der Waals surface area contributed by atoms with Gasteiger partial charge in [-0.25, -0.2) is 0 Å². The highest BCUT2D eigenvalue weighted by Crippen LogP contribution is 1.99. The Hall–Kier alpha value is -0.0800. The van der Waals surface area contributed by atoms with E-state index in [-0.39, 0.29) is 0 Å². The Kier molecular flexibility index (Phi) is 7.96. The minimum Gasteiger partial charge on any atom is -0.330 e. The van der Waals surface area contributed by atoms with Crippen LogP contribution in [0.2, 0.25) is 0 Å². The van der Waals surface area contributed by atoms with Gasteiger partial charge in [0.15, 0.2) is 0 Å². The highest BCUT2D eigenvalue weighted by atomic mass is 15.1. The zero-order chi connectivity index (χ0) is 8.53. The first-order valence-corrected chi connectivity index (χ1v) is 4.70. The molecule has 0 saturated carbocycles. The summed E-state index contributed by atoms with van der Waals surface area (Å²) in [5.41, 5.74) is 5.39. The Morgan fingerprint density at radius 2 is 1.73 bits per heavy atom. The molecule has 68 valence electrons. The van der Waals surface area contributed by atoms with Crippen molar-refractivity contribution in [2.45, 2.75) is 32.6 Å². The third-order valence-electron chi connectivity index (χ3n) is 2.03. The lowest BCUT2D eigenvalue weighted by molar-refractivity contribution is 0.341. The van der Waals surface area contributed by atoms with Gasteiger partial charge in [-0.15, -0.1) is 0 Å². The molecule has 0 amide bonds. The minimum atomic E-state index is 0.851. The van der Waals surface area contributed by atoms with Gasteiger partial charge in [0.2, 0.25) is 0 Å². The van der Waals surface area contributed by atoms with E-state index in [1.807, 2.05) is 0 Å². The standard InChI is InChI=1S/C9H22N2/c1-3-11(2)9-7-5-4-6-8-10/h3-10H2,1-2H3. The second-order valence-corrected chi connectivity index (χ2v) is 3.10. The molecule has 0 aliphatic heterocycles. The van der Waals surface area contributed by atoms with Gasteiger partial charge < -0.3 is 10.6 Å². The molecule has 0 aliphatic carbocycles. The minimum absolute atomic E-state index is 0.851. The molecule has 2 heteroatoms. The molecule has 0 bridgehead atoms. The van der Waals surface area contributed by atoms with Crippen molar-refractivity contribution < 1.29 is 0 Å². The van der Waals surface area contributed by atoms with Crippen LogP contribution in [-0.4, -0.2) is 31.6 Å². The van der Waals surface area contributed by atoms with Crippen molar-refractivity contribution in [2.75, 3.05) is 26.7 Å². The third-order valence-corrected chi connectivity index (χ3v) is 2.03. The Morgan fingerprint density at radius 3 is 2.27 bits per heavy atom. The summed E-state index contributed by atoms with van der Waals surface area (Å²) in [7, 11) is 2.17. The van der Waals surface area contributed by atoms with Crippen LogP contribution >= 0.6 is 0 Å². The maximum absolute atomic E-state index is 5.39. The predicted molar refractivity (Wildman–Crippen MR) is 50.7 cm³/mol. The number of hydrogen-bond donors (Lipinski definition) is 1. The number of nitrogens with two attached hydrogens (primary N) is 1. The first kappa shape index (κ1) is 10.9. The summed E-state index contributed by atoms with van der Waals surface area (Å²) in [5.74, 6) is 0. The molecular weight excluding hydrogens is 136 g/mol. The summed E-state index contributed by atoms with van der Waals surface area (Å²) in [6.45, 7) is 5.45. The molecule has 0 heterocycles. The Balaban J connectivity index is 2.89. The molecule has 0 fully saturated rings. The van der Waals surface area contributed by atoms with Gasteiger partial charge in [-0.3, -0.25) is 0 Å². The normalized spacial score (nSPS) is 10.9. The lowest BCUT2D eigenvalue weighted by Crippen LogP contribution is -2.18. The zero-order valence-electron chi connectivity index (χ0n) is 7.97. The Morgan fingerprint density at radius 1 is 1.09 bits per heavy atom. The molecule has 0 aliphatic rings. The molecule has 0 atom stereocenters. The molecule has 0 spiro atoms. The van der Waals surface area contributed by atoms with Crippen LogP contribution in [0, 0.1) is 0 Å². The van der Waals surface area contributed by atoms with Crippen LogP contribution in [0.4, 0.5) is 0 Å². The number of rotatable bonds is 7. The molecule has 0 unspecified atom stereocenters. The zero-order valence-corrected chi connectivity index (χ0v) is 7.97. The fourth-order valence-electron chi connectivity index (χ4n) is 1.04. The first-order chi connectivity index (χ1) is 5.31. The lowest BCUT2D eigenvalue weighted by atomic mass is 10.2. The van der Waals surface area contributed by atoms with Gasteiger partial charge in [-0.05, 0) is 39.5 Å². The van der Waals surface area contributed by atoms with Crippen LogP contribution in [0.5, 0.6) is 0 Å². The second-order valence-electron chi connectivity index (χ2n) is 3.10. The van der Waals surface area contributed by atoms with Crippen LogP contribution in [0.15, 0.2) is 0 Å². The van der Waals surface area contributed by atoms with Gasteiger partial charge in [-0.1, -0.05) is 19.8 Å². The highest BCUT2D eigenvalue weighted by molar-refractivity contribution is 4.49. The molecule has 0 saturated heterocycles. The van der Waals surface area contributed by atoms with Gasteiger partial charge in [0, 0.05) is 0 Å². The molecule has 0 aromatic carbocycles. The molecule has 2 N–H and O–H groups in total. The van der Waals surface area contributed by atoms with E-state index >= 15 is 0 Å². The second kappa shape index (κ2) is 8.02. The molecule has 0 aromatic rings. The molecule has 0 aromatic heterocycles. The van der Waals surface area contributed by atoms with Crippen molar-refractivity contribution in [2.24, 2.45) is 5.73 Å². The molecule has 11 heavy (non-hydrogen) atoms. The number of nitrogens with zero attached hydrogens (tertiary/aromatic N) is 1. The predicted octanol–water partition coefficient (Wildman–Crippen LogP) is 1.46. The van der Waals surface area contributed by atoms with Gasteiger partial charge >= 0.3 is 0 Å². The van der Waals surface area contributed by atoms with Gasteiger partial charge in [0.1, 0.15) is 0 Å². The monoisotopic (exact) mass is 158 g/mol. The van der Waals surface area contributed by atoms with Crippen LogP contribution in [-0.2, 0) is 0 Å². The Labute approximate surface area is 70.8 Å². The van der Waals surface area contributed by atoms with Crippen molar-refractivity contribution in [1.29, 1.82) is 0 Å². The quantitative estimate of drug-likeness (QED) is 0.568. The average Bonchev–Trinajstić information content (AvgIpc) is 2.04. The van der Waals surface area contributed by atoms with E-state index in [0.29, 0.717) is 0 Å². The van der Waals surface area contributed by atoms with Crippen LogP contribution < -0.4 is 5.73 Å². The van der Waals surface area contributed by atoms with E-state index in [1.165, 1.54) is 32.2 Å². The molecule has 2 nitrogen and oxygen atoms in total. The van der Waals surface area contributed by atoms with Crippen molar-refractivity contribution >= 4 is 0 Å². The van der Waals surface area contributed by atoms with E-state index in [9.17, 15) is 0 Å². The van der Waals surface area contributed by atoms with Crippen molar-refractivity contribution in [3.8, 4) is 0 Å². The molecular formula is C9H22N2. The van der Waals surface area contributed by atoms with E-state index in [4.69, 9.17) is 5.73 Å². The van der Waals surface area contributed by atoms with Crippen LogP contribution in [0.3, 0.4) is 0 Å². The summed E-state index contributed by atoms with van der Waals surface area (Å²) in [4.78, 5) is 2.35. The maximum atomic E-state index is 5.39. The summed E-state index contributed by atoms with van der Waals surface area (Å²) in [6.07, 6.45) is 5.15. The largest absolute Gasteiger partial charge is 0.330 e. The highest BCUT2D eigenvalue weighted by Gasteiger charge is 1.93. The van der Waals surface area contributed by atoms with Crippen molar-refractivity contribution in [3.05, 3.63) is 0 Å². The molecule has 0 rings (SSSR count). The van der Waals surface area contributed by atoms with E-state index in [1.54, 1.807) is 0 Å². The third kappa shape index (κ3) is 7.82. The number of hydrogen-bond acceptors (Lipinski definition) is 2. The van der Waals surface area contributed by atoms with Crippen LogP contribution in [0.1, 0.15) is 32.6 Å². The van der Waals surface area contributed by atoms with Crippen molar-refractivity contribution in [1.82, 2.24) is 4.90 Å². The summed E-state index contributed by atoms with van der Waals surface area (Å²) in [5, 5.41) is 0. The molecule has 0 radical (unpaired) electrons. The number of unbranched alkanes of at least 4 members (excludes halogenated alkanes) is 3. The first-order valence-electron chi connectivity index (χ1n) is 4.70. The van der Waals surface area contributed by atoms with Gasteiger partial charge in [0.25, 0.3) is 0 Å². The van der Waals surface area contributed by atoms with E-state index in [2.05, 4.69) is 18.9 Å². The average molecular weight is 158 g/mol. The maximum Gasteiger partial charge on any atom is -0.00219 e. The van der Waals surface area contributed by atoms with E-state index < -0.39 is 0 Å². The van der Waals surface area contributed by atoms with Crippen LogP contribution in [0.25, 0.3) is 0 Å². The lowest BCUT2D eigenvalue weighted by Gasteiger charge is -2.12. The SMILES string of the molecule is CCN(C)CCCCCCN. The fourth-order valence-corrected chi connectivity index (χ4v) is 1.04. The topological polar surface area (TPSA) is 29.3 Å². The van der Waals surface area contributed by atoms with Gasteiger partial charge in [-0.2, -0.15) is 0 Å². The fraction of sp³-hybridized carbons (Fsp3) is 1.00. The smallest absolute Gasteiger partial charge is 0.00219 e. The van der Waals surface area contributed by atoms with Gasteiger partial charge in [0.05, 0.1) is 0 Å². The Bertz CT molecular complexity index is 74.0. The summed E-state index contributed by atoms with van der Waals surface area (Å²) in [6, 6.07) is 0. The summed E-state index contributed by atoms with van der Waals surface area (Å²) < 4.78 is 0.